The van der Waals surface area contributed by atoms with Crippen molar-refractivity contribution in [1.82, 2.24) is 0 Å². The van der Waals surface area contributed by atoms with Crippen molar-refractivity contribution in [3.63, 3.8) is 0 Å². The summed E-state index contributed by atoms with van der Waals surface area (Å²) >= 11 is 5.51. The van der Waals surface area contributed by atoms with Crippen LogP contribution in [0, 0.1) is 5.82 Å². The number of benzene rings is 1. The Morgan fingerprint density at radius 3 is 2.75 bits per heavy atom. The minimum absolute atomic E-state index is 0. The highest BCUT2D eigenvalue weighted by molar-refractivity contribution is 6.30. The Kier molecular flexibility index (Phi) is 7.05. The van der Waals surface area contributed by atoms with E-state index < -0.39 is 11.6 Å². The number of ether oxygens (including phenoxy) is 1. The van der Waals surface area contributed by atoms with E-state index >= 15 is 0 Å². The van der Waals surface area contributed by atoms with Crippen molar-refractivity contribution in [1.29, 1.82) is 0 Å². The van der Waals surface area contributed by atoms with Gasteiger partial charge in [-0.2, -0.15) is 0 Å². The lowest BCUT2D eigenvalue weighted by Gasteiger charge is -2.05. The van der Waals surface area contributed by atoms with E-state index in [4.69, 9.17) is 22.1 Å². The molecule has 90 valence electrons. The predicted octanol–water partition coefficient (Wildman–Crippen LogP) is 3.09. The highest BCUT2D eigenvalue weighted by Crippen LogP contribution is 2.21. The summed E-state index contributed by atoms with van der Waals surface area (Å²) in [5.74, 6) is -0.707. The molecule has 0 fully saturated rings. The van der Waals surface area contributed by atoms with Crippen LogP contribution < -0.4 is 10.5 Å². The zero-order valence-electron chi connectivity index (χ0n) is 8.25. The summed E-state index contributed by atoms with van der Waals surface area (Å²) in [7, 11) is 0. The molecule has 0 aromatic heterocycles. The van der Waals surface area contributed by atoms with E-state index in [1.165, 1.54) is 18.2 Å². The average Bonchev–Trinajstić information content (AvgIpc) is 2.20. The first-order chi connectivity index (χ1) is 7.13. The largest absolute Gasteiger partial charge is 0.486 e. The second-order valence-corrected chi connectivity index (χ2v) is 3.16. The fourth-order valence-electron chi connectivity index (χ4n) is 0.906. The summed E-state index contributed by atoms with van der Waals surface area (Å²) in [4.78, 5) is 0. The van der Waals surface area contributed by atoms with Gasteiger partial charge in [0.2, 0.25) is 0 Å². The maximum Gasteiger partial charge on any atom is 0.142 e. The molecule has 0 bridgehead atoms. The van der Waals surface area contributed by atoms with Gasteiger partial charge >= 0.3 is 0 Å². The van der Waals surface area contributed by atoms with Crippen LogP contribution in [-0.2, 0) is 0 Å². The maximum absolute atomic E-state index is 12.8. The van der Waals surface area contributed by atoms with Gasteiger partial charge in [-0.15, -0.1) is 12.4 Å². The van der Waals surface area contributed by atoms with Gasteiger partial charge in [0.05, 0.1) is 5.02 Å². The van der Waals surface area contributed by atoms with Gasteiger partial charge in [-0.1, -0.05) is 11.6 Å². The third kappa shape index (κ3) is 4.79. The summed E-state index contributed by atoms with van der Waals surface area (Å²) in [6.07, 6.45) is 1.20. The second kappa shape index (κ2) is 7.44. The molecule has 1 aromatic carbocycles. The molecule has 0 aliphatic heterocycles. The van der Waals surface area contributed by atoms with Crippen LogP contribution >= 0.6 is 24.0 Å². The van der Waals surface area contributed by atoms with Crippen LogP contribution in [0.2, 0.25) is 5.02 Å². The topological polar surface area (TPSA) is 35.2 Å². The minimum Gasteiger partial charge on any atom is -0.486 e. The molecule has 0 amide bonds. The minimum atomic E-state index is -0.540. The Labute approximate surface area is 103 Å². The highest BCUT2D eigenvalue weighted by Gasteiger charge is 2.02. The molecule has 0 heterocycles. The first kappa shape index (κ1) is 15.2. The van der Waals surface area contributed by atoms with Crippen LogP contribution in [0.25, 0.3) is 0 Å². The van der Waals surface area contributed by atoms with E-state index in [2.05, 4.69) is 0 Å². The van der Waals surface area contributed by atoms with Crippen molar-refractivity contribution in [2.75, 3.05) is 13.2 Å². The Bertz CT molecular complexity index is 372. The molecule has 2 N–H and O–H groups in total. The van der Waals surface area contributed by atoms with Gasteiger partial charge in [-0.25, -0.2) is 8.78 Å². The van der Waals surface area contributed by atoms with Gasteiger partial charge in [0, 0.05) is 12.6 Å². The van der Waals surface area contributed by atoms with Gasteiger partial charge < -0.3 is 10.5 Å². The van der Waals surface area contributed by atoms with Crippen molar-refractivity contribution in [3.05, 3.63) is 40.9 Å². The summed E-state index contributed by atoms with van der Waals surface area (Å²) in [5, 5.41) is -0.0595. The monoisotopic (exact) mass is 269 g/mol. The van der Waals surface area contributed by atoms with Gasteiger partial charge in [-0.05, 0) is 18.2 Å². The number of hydrogen-bond acceptors (Lipinski definition) is 2. The van der Waals surface area contributed by atoms with Crippen molar-refractivity contribution in [2.24, 2.45) is 5.73 Å². The molecule has 6 heteroatoms. The van der Waals surface area contributed by atoms with Gasteiger partial charge in [0.25, 0.3) is 0 Å². The zero-order chi connectivity index (χ0) is 11.3. The second-order valence-electron chi connectivity index (χ2n) is 2.75. The standard InChI is InChI=1S/C10H10ClF2NO.ClH/c11-9-5-8(1-2-10(9)13)15-6-7(12)3-4-14;/h1-3,5H,4,6,14H2;1H. The van der Waals surface area contributed by atoms with Crippen LogP contribution in [0.4, 0.5) is 8.78 Å². The smallest absolute Gasteiger partial charge is 0.142 e. The number of nitrogens with two attached hydrogens (primary N) is 1. The van der Waals surface area contributed by atoms with Crippen molar-refractivity contribution in [3.8, 4) is 5.75 Å². The molecule has 16 heavy (non-hydrogen) atoms. The fourth-order valence-corrected chi connectivity index (χ4v) is 1.08. The zero-order valence-corrected chi connectivity index (χ0v) is 9.82. The van der Waals surface area contributed by atoms with Crippen LogP contribution in [0.15, 0.2) is 30.1 Å². The first-order valence-corrected chi connectivity index (χ1v) is 4.63. The van der Waals surface area contributed by atoms with E-state index in [9.17, 15) is 8.78 Å². The maximum atomic E-state index is 12.8. The number of halogens is 4. The van der Waals surface area contributed by atoms with E-state index in [1.54, 1.807) is 0 Å². The lowest BCUT2D eigenvalue weighted by molar-refractivity contribution is 0.318. The van der Waals surface area contributed by atoms with E-state index in [0.717, 1.165) is 6.07 Å². The molecule has 0 aliphatic rings. The van der Waals surface area contributed by atoms with Crippen molar-refractivity contribution in [2.45, 2.75) is 0 Å². The molecule has 0 spiro atoms. The molecule has 1 aromatic rings. The lowest BCUT2D eigenvalue weighted by Crippen LogP contribution is -2.01. The Morgan fingerprint density at radius 1 is 1.50 bits per heavy atom. The van der Waals surface area contributed by atoms with E-state index in [0.29, 0.717) is 5.75 Å². The summed E-state index contributed by atoms with van der Waals surface area (Å²) in [6, 6.07) is 3.81. The predicted molar refractivity (Wildman–Crippen MR) is 62.4 cm³/mol. The van der Waals surface area contributed by atoms with Crippen LogP contribution in [0.5, 0.6) is 5.75 Å². The lowest BCUT2D eigenvalue weighted by atomic mass is 10.3. The normalized spacial score (nSPS) is 10.9. The fraction of sp³-hybridized carbons (Fsp3) is 0.200. The third-order valence-corrected chi connectivity index (χ3v) is 1.90. The quantitative estimate of drug-likeness (QED) is 0.912. The summed E-state index contributed by atoms with van der Waals surface area (Å²) in [5.41, 5.74) is 5.10. The Hall–Kier alpha value is -0.840. The van der Waals surface area contributed by atoms with Crippen LogP contribution in [-0.4, -0.2) is 13.2 Å². The molecular weight excluding hydrogens is 259 g/mol. The van der Waals surface area contributed by atoms with E-state index in [1.807, 2.05) is 0 Å². The molecule has 1 rings (SSSR count). The van der Waals surface area contributed by atoms with Gasteiger partial charge in [-0.3, -0.25) is 0 Å². The molecule has 0 atom stereocenters. The van der Waals surface area contributed by atoms with Crippen molar-refractivity contribution < 1.29 is 13.5 Å². The molecule has 0 radical (unpaired) electrons. The Balaban J connectivity index is 0.00000225. The third-order valence-electron chi connectivity index (χ3n) is 1.61. The summed E-state index contributed by atoms with van der Waals surface area (Å²) < 4.78 is 30.6. The summed E-state index contributed by atoms with van der Waals surface area (Å²) in [6.45, 7) is -0.126. The first-order valence-electron chi connectivity index (χ1n) is 4.26. The van der Waals surface area contributed by atoms with Crippen LogP contribution in [0.1, 0.15) is 0 Å². The van der Waals surface area contributed by atoms with Crippen molar-refractivity contribution >= 4 is 24.0 Å². The van der Waals surface area contributed by atoms with Crippen LogP contribution in [0.3, 0.4) is 0 Å². The Morgan fingerprint density at radius 2 is 2.19 bits per heavy atom. The molecule has 0 unspecified atom stereocenters. The number of rotatable bonds is 4. The van der Waals surface area contributed by atoms with Gasteiger partial charge in [0.1, 0.15) is 24.0 Å². The highest BCUT2D eigenvalue weighted by atomic mass is 35.5. The SMILES string of the molecule is Cl.NCC=C(F)COc1ccc(F)c(Cl)c1. The average molecular weight is 270 g/mol. The molecular formula is C10H11Cl2F2NO. The van der Waals surface area contributed by atoms with Gasteiger partial charge in [0.15, 0.2) is 0 Å². The molecule has 2 nitrogen and oxygen atoms in total. The number of hydrogen-bond donors (Lipinski definition) is 1. The molecule has 0 saturated carbocycles. The molecule has 0 aliphatic carbocycles. The van der Waals surface area contributed by atoms with E-state index in [-0.39, 0.29) is 30.6 Å². The molecule has 0 saturated heterocycles.